The Hall–Kier alpha value is -1.63. The van der Waals surface area contributed by atoms with E-state index in [2.05, 4.69) is 11.0 Å². The maximum absolute atomic E-state index is 12.1. The third-order valence-corrected chi connectivity index (χ3v) is 6.08. The van der Waals surface area contributed by atoms with Gasteiger partial charge in [0.15, 0.2) is 0 Å². The van der Waals surface area contributed by atoms with E-state index in [9.17, 15) is 4.79 Å². The Labute approximate surface area is 153 Å². The Bertz CT molecular complexity index is 723. The Morgan fingerprint density at radius 1 is 1.35 bits per heavy atom. The van der Waals surface area contributed by atoms with Crippen LogP contribution in [0.3, 0.4) is 0 Å². The molecule has 0 aromatic carbocycles. The maximum Gasteiger partial charge on any atom is 0.227 e. The van der Waals surface area contributed by atoms with E-state index in [1.165, 1.54) is 18.9 Å². The molecule has 0 bridgehead atoms. The highest BCUT2D eigenvalue weighted by atomic mass is 16.5. The number of hydrogen-bond acceptors (Lipinski definition) is 6. The summed E-state index contributed by atoms with van der Waals surface area (Å²) in [6.07, 6.45) is 7.97. The monoisotopic (exact) mass is 361 g/mol. The van der Waals surface area contributed by atoms with Gasteiger partial charge in [-0.2, -0.15) is 0 Å². The number of ether oxygens (including phenoxy) is 3. The minimum absolute atomic E-state index is 0.0764. The summed E-state index contributed by atoms with van der Waals surface area (Å²) >= 11 is 0. The fourth-order valence-electron chi connectivity index (χ4n) is 4.85. The van der Waals surface area contributed by atoms with Crippen LogP contribution >= 0.6 is 0 Å². The molecule has 1 aromatic rings. The van der Waals surface area contributed by atoms with Crippen molar-refractivity contribution in [1.29, 1.82) is 0 Å². The molecule has 1 aromatic heterocycles. The van der Waals surface area contributed by atoms with Crippen LogP contribution < -0.4 is 10.2 Å². The van der Waals surface area contributed by atoms with E-state index < -0.39 is 0 Å². The molecule has 3 aliphatic rings. The van der Waals surface area contributed by atoms with Gasteiger partial charge in [0.1, 0.15) is 12.0 Å². The molecule has 6 heteroatoms. The molecule has 6 nitrogen and oxygen atoms in total. The van der Waals surface area contributed by atoms with Crippen LogP contribution in [0.15, 0.2) is 33.2 Å². The molecule has 0 saturated carbocycles. The van der Waals surface area contributed by atoms with Gasteiger partial charge in [0.05, 0.1) is 33.5 Å². The third kappa shape index (κ3) is 3.21. The van der Waals surface area contributed by atoms with Gasteiger partial charge in [0.25, 0.3) is 0 Å². The van der Waals surface area contributed by atoms with Crippen LogP contribution in [0, 0.1) is 5.41 Å². The fraction of sp³-hybridized carbons (Fsp3) is 0.650. The Kier molecular flexibility index (Phi) is 5.16. The molecule has 0 amide bonds. The fourth-order valence-corrected chi connectivity index (χ4v) is 4.85. The van der Waals surface area contributed by atoms with Crippen LogP contribution in [0.25, 0.3) is 0 Å². The molecular formula is C20H27NO5. The van der Waals surface area contributed by atoms with Crippen molar-refractivity contribution in [1.82, 2.24) is 4.90 Å². The second-order valence-electron chi connectivity index (χ2n) is 7.42. The van der Waals surface area contributed by atoms with E-state index >= 15 is 0 Å². The molecule has 0 N–H and O–H groups in total. The number of piperidine rings is 1. The first kappa shape index (κ1) is 17.8. The minimum Gasteiger partial charge on any atom is -0.490 e. The number of methoxy groups -OCH3 is 1. The molecule has 0 aliphatic carbocycles. The van der Waals surface area contributed by atoms with Gasteiger partial charge >= 0.3 is 0 Å². The summed E-state index contributed by atoms with van der Waals surface area (Å²) in [5.74, 6) is 0.944. The van der Waals surface area contributed by atoms with Crippen molar-refractivity contribution in [2.45, 2.75) is 38.3 Å². The zero-order chi connectivity index (χ0) is 18.0. The van der Waals surface area contributed by atoms with Crippen LogP contribution in [0.2, 0.25) is 0 Å². The van der Waals surface area contributed by atoms with Crippen LogP contribution in [0.4, 0.5) is 0 Å². The summed E-state index contributed by atoms with van der Waals surface area (Å²) in [6.45, 7) is 4.75. The molecule has 2 saturated heterocycles. The van der Waals surface area contributed by atoms with E-state index in [0.29, 0.717) is 25.0 Å². The van der Waals surface area contributed by atoms with Crippen molar-refractivity contribution < 1.29 is 18.6 Å². The van der Waals surface area contributed by atoms with Crippen molar-refractivity contribution in [3.63, 3.8) is 0 Å². The summed E-state index contributed by atoms with van der Waals surface area (Å²) < 4.78 is 22.2. The second kappa shape index (κ2) is 7.55. The smallest absolute Gasteiger partial charge is 0.227 e. The Balaban J connectivity index is 1.59. The molecule has 142 valence electrons. The molecule has 2 atom stereocenters. The van der Waals surface area contributed by atoms with Gasteiger partial charge in [-0.25, -0.2) is 0 Å². The predicted molar refractivity (Wildman–Crippen MR) is 96.4 cm³/mol. The highest BCUT2D eigenvalue weighted by Crippen LogP contribution is 2.48. The highest BCUT2D eigenvalue weighted by molar-refractivity contribution is 5.23. The standard InChI is InChI=1S/C20H27NO5/c1-23-18-13-26-16(11-17(18)22)12-21-7-2-6-20(14-25-10-5-19(20)21)15-3-8-24-9-4-15/h3,11,13,19H,2,4-10,12,14H2,1H3/t19-,20-/m0/s1. The quantitative estimate of drug-likeness (QED) is 0.768. The second-order valence-corrected chi connectivity index (χ2v) is 7.42. The van der Waals surface area contributed by atoms with Gasteiger partial charge in [-0.3, -0.25) is 9.69 Å². The summed E-state index contributed by atoms with van der Waals surface area (Å²) in [5, 5.41) is 0. The molecule has 3 aliphatic heterocycles. The lowest BCUT2D eigenvalue weighted by Crippen LogP contribution is -2.57. The first-order valence-electron chi connectivity index (χ1n) is 9.48. The molecule has 0 spiro atoms. The first-order valence-corrected chi connectivity index (χ1v) is 9.48. The predicted octanol–water partition coefficient (Wildman–Crippen LogP) is 2.37. The lowest BCUT2D eigenvalue weighted by atomic mass is 9.65. The molecule has 4 rings (SSSR count). The summed E-state index contributed by atoms with van der Waals surface area (Å²) in [7, 11) is 1.48. The topological polar surface area (TPSA) is 61.1 Å². The lowest BCUT2D eigenvalue weighted by Gasteiger charge is -2.54. The third-order valence-electron chi connectivity index (χ3n) is 6.08. The lowest BCUT2D eigenvalue weighted by molar-refractivity contribution is -0.0888. The van der Waals surface area contributed by atoms with E-state index in [4.69, 9.17) is 18.6 Å². The number of rotatable bonds is 4. The normalized spacial score (nSPS) is 29.7. The van der Waals surface area contributed by atoms with Crippen molar-refractivity contribution in [3.05, 3.63) is 40.0 Å². The number of likely N-dealkylation sites (tertiary alicyclic amines) is 1. The van der Waals surface area contributed by atoms with Gasteiger partial charge in [-0.05, 0) is 32.2 Å². The van der Waals surface area contributed by atoms with Crippen molar-refractivity contribution in [2.24, 2.45) is 5.41 Å². The van der Waals surface area contributed by atoms with Crippen molar-refractivity contribution in [2.75, 3.05) is 40.1 Å². The van der Waals surface area contributed by atoms with E-state index in [0.717, 1.165) is 52.0 Å². The van der Waals surface area contributed by atoms with Gasteiger partial charge in [0, 0.05) is 24.1 Å². The Morgan fingerprint density at radius 3 is 3.04 bits per heavy atom. The summed E-state index contributed by atoms with van der Waals surface area (Å²) in [5.41, 5.74) is 1.44. The van der Waals surface area contributed by atoms with E-state index in [1.54, 1.807) is 6.07 Å². The van der Waals surface area contributed by atoms with Crippen LogP contribution in [-0.2, 0) is 16.0 Å². The summed E-state index contributed by atoms with van der Waals surface area (Å²) in [6, 6.07) is 1.98. The molecule has 2 fully saturated rings. The molecule has 4 heterocycles. The van der Waals surface area contributed by atoms with Gasteiger partial charge < -0.3 is 18.6 Å². The Morgan fingerprint density at radius 2 is 2.27 bits per heavy atom. The number of fused-ring (bicyclic) bond motifs is 1. The maximum atomic E-state index is 12.1. The highest BCUT2D eigenvalue weighted by Gasteiger charge is 2.49. The molecular weight excluding hydrogens is 334 g/mol. The van der Waals surface area contributed by atoms with Gasteiger partial charge in [0.2, 0.25) is 11.2 Å². The molecule has 0 radical (unpaired) electrons. The molecule has 26 heavy (non-hydrogen) atoms. The number of nitrogens with zero attached hydrogens (tertiary/aromatic N) is 1. The van der Waals surface area contributed by atoms with Crippen LogP contribution in [-0.4, -0.2) is 51.0 Å². The SMILES string of the molecule is COc1coc(CN2CCC[C@@]3(C4=CCOCC4)COCC[C@H]23)cc1=O. The van der Waals surface area contributed by atoms with Crippen molar-refractivity contribution >= 4 is 0 Å². The van der Waals surface area contributed by atoms with Gasteiger partial charge in [-0.15, -0.1) is 0 Å². The van der Waals surface area contributed by atoms with Gasteiger partial charge in [-0.1, -0.05) is 11.6 Å². The van der Waals surface area contributed by atoms with Crippen LogP contribution in [0.5, 0.6) is 5.75 Å². The van der Waals surface area contributed by atoms with Crippen LogP contribution in [0.1, 0.15) is 31.4 Å². The average molecular weight is 361 g/mol. The number of hydrogen-bond donors (Lipinski definition) is 0. The van der Waals surface area contributed by atoms with E-state index in [1.807, 2.05) is 0 Å². The molecule has 0 unspecified atom stereocenters. The van der Waals surface area contributed by atoms with Crippen molar-refractivity contribution in [3.8, 4) is 5.75 Å². The average Bonchev–Trinajstić information content (AvgIpc) is 2.69. The van der Waals surface area contributed by atoms with E-state index in [-0.39, 0.29) is 16.6 Å². The zero-order valence-corrected chi connectivity index (χ0v) is 15.4. The minimum atomic E-state index is -0.129. The first-order chi connectivity index (χ1) is 12.7. The zero-order valence-electron chi connectivity index (χ0n) is 15.4. The summed E-state index contributed by atoms with van der Waals surface area (Å²) in [4.78, 5) is 14.5. The largest absolute Gasteiger partial charge is 0.490 e.